The predicted molar refractivity (Wildman–Crippen MR) is 54.2 cm³/mol. The number of carbonyl (C=O) groups excluding carboxylic acids is 1. The minimum atomic E-state index is -0.552. The minimum Gasteiger partial charge on any atom is -0.311 e. The summed E-state index contributed by atoms with van der Waals surface area (Å²) in [6.45, 7) is 3.71. The zero-order valence-corrected chi connectivity index (χ0v) is 8.06. The highest BCUT2D eigenvalue weighted by molar-refractivity contribution is 6.11. The molecule has 1 amide bonds. The topological polar surface area (TPSA) is 63.5 Å². The number of benzene rings is 1. The summed E-state index contributed by atoms with van der Waals surface area (Å²) in [5, 5.41) is 10.7. The van der Waals surface area contributed by atoms with E-state index in [0.29, 0.717) is 11.3 Å². The van der Waals surface area contributed by atoms with Gasteiger partial charge in [0.1, 0.15) is 5.56 Å². The van der Waals surface area contributed by atoms with E-state index >= 15 is 0 Å². The molecule has 0 saturated carbocycles. The van der Waals surface area contributed by atoms with Crippen LogP contribution in [0.5, 0.6) is 0 Å². The zero-order valence-electron chi connectivity index (χ0n) is 8.06. The molecule has 0 saturated heterocycles. The molecule has 0 aliphatic carbocycles. The molecule has 1 aromatic rings. The van der Waals surface area contributed by atoms with E-state index in [-0.39, 0.29) is 17.2 Å². The lowest BCUT2D eigenvalue weighted by atomic mass is 10.1. The molecule has 0 atom stereocenters. The Hall–Kier alpha value is -2.17. The van der Waals surface area contributed by atoms with Gasteiger partial charge in [-0.15, -0.1) is 0 Å². The van der Waals surface area contributed by atoms with Gasteiger partial charge in [-0.25, -0.2) is 0 Å². The molecule has 0 N–H and O–H groups in total. The number of hydrogen-bond acceptors (Lipinski definition) is 3. The molecule has 0 spiro atoms. The lowest BCUT2D eigenvalue weighted by Crippen LogP contribution is -2.17. The van der Waals surface area contributed by atoms with E-state index in [1.54, 1.807) is 19.2 Å². The van der Waals surface area contributed by atoms with Crippen molar-refractivity contribution < 1.29 is 9.72 Å². The van der Waals surface area contributed by atoms with Crippen LogP contribution in [0.4, 0.5) is 5.69 Å². The van der Waals surface area contributed by atoms with Gasteiger partial charge >= 0.3 is 0 Å². The molecule has 0 bridgehead atoms. The van der Waals surface area contributed by atoms with Gasteiger partial charge in [-0.2, -0.15) is 0 Å². The van der Waals surface area contributed by atoms with Gasteiger partial charge in [-0.1, -0.05) is 18.7 Å². The first kappa shape index (κ1) is 9.39. The summed E-state index contributed by atoms with van der Waals surface area (Å²) in [4.78, 5) is 23.2. The van der Waals surface area contributed by atoms with Gasteiger partial charge in [0.05, 0.1) is 4.92 Å². The van der Waals surface area contributed by atoms with Crippen LogP contribution < -0.4 is 0 Å². The molecule has 15 heavy (non-hydrogen) atoms. The monoisotopic (exact) mass is 204 g/mol. The van der Waals surface area contributed by atoms with E-state index in [1.165, 1.54) is 11.0 Å². The normalized spacial score (nSPS) is 14.3. The summed E-state index contributed by atoms with van der Waals surface area (Å²) in [6.07, 6.45) is 0. The third kappa shape index (κ3) is 1.13. The van der Waals surface area contributed by atoms with Crippen LogP contribution >= 0.6 is 0 Å². The third-order valence-electron chi connectivity index (χ3n) is 2.47. The highest BCUT2D eigenvalue weighted by Gasteiger charge is 2.34. The number of nitro benzene ring substituents is 1. The first-order valence-electron chi connectivity index (χ1n) is 4.28. The largest absolute Gasteiger partial charge is 0.311 e. The number of nitro groups is 1. The lowest BCUT2D eigenvalue weighted by molar-refractivity contribution is -0.385. The van der Waals surface area contributed by atoms with E-state index in [4.69, 9.17) is 0 Å². The molecule has 2 rings (SSSR count). The molecule has 1 aromatic carbocycles. The quantitative estimate of drug-likeness (QED) is 0.516. The molecule has 0 fully saturated rings. The molecule has 76 valence electrons. The van der Waals surface area contributed by atoms with Crippen molar-refractivity contribution in [3.05, 3.63) is 46.0 Å². The molecular formula is C10H8N2O3. The van der Waals surface area contributed by atoms with Gasteiger partial charge in [0.25, 0.3) is 11.6 Å². The Morgan fingerprint density at radius 2 is 2.13 bits per heavy atom. The Morgan fingerprint density at radius 3 is 2.73 bits per heavy atom. The predicted octanol–water partition coefficient (Wildman–Crippen LogP) is 1.65. The van der Waals surface area contributed by atoms with E-state index in [0.717, 1.165) is 0 Å². The SMILES string of the molecule is C=C1c2cccc([N+](=O)[O-])c2C(=O)N1C. The number of rotatable bonds is 1. The molecular weight excluding hydrogens is 196 g/mol. The molecule has 1 heterocycles. The molecule has 0 unspecified atom stereocenters. The average molecular weight is 204 g/mol. The Bertz CT molecular complexity index is 493. The maximum absolute atomic E-state index is 11.7. The van der Waals surface area contributed by atoms with Gasteiger partial charge in [-0.05, 0) is 0 Å². The second-order valence-corrected chi connectivity index (χ2v) is 3.27. The number of nitrogens with zero attached hydrogens (tertiary/aromatic N) is 2. The van der Waals surface area contributed by atoms with Crippen molar-refractivity contribution in [3.8, 4) is 0 Å². The van der Waals surface area contributed by atoms with Crippen LogP contribution in [0.1, 0.15) is 15.9 Å². The highest BCUT2D eigenvalue weighted by atomic mass is 16.6. The Morgan fingerprint density at radius 1 is 1.47 bits per heavy atom. The maximum Gasteiger partial charge on any atom is 0.282 e. The summed E-state index contributed by atoms with van der Waals surface area (Å²) in [7, 11) is 1.55. The minimum absolute atomic E-state index is 0.134. The fourth-order valence-electron chi connectivity index (χ4n) is 1.63. The van der Waals surface area contributed by atoms with E-state index in [2.05, 4.69) is 6.58 Å². The van der Waals surface area contributed by atoms with E-state index in [9.17, 15) is 14.9 Å². The van der Waals surface area contributed by atoms with E-state index < -0.39 is 4.92 Å². The summed E-state index contributed by atoms with van der Waals surface area (Å²) in [6, 6.07) is 4.53. The highest BCUT2D eigenvalue weighted by Crippen LogP contribution is 2.35. The van der Waals surface area contributed by atoms with Gasteiger partial charge < -0.3 is 4.90 Å². The fraction of sp³-hybridized carbons (Fsp3) is 0.100. The molecule has 0 aromatic heterocycles. The van der Waals surface area contributed by atoms with Crippen molar-refractivity contribution in [2.75, 3.05) is 7.05 Å². The summed E-state index contributed by atoms with van der Waals surface area (Å²) >= 11 is 0. The molecule has 0 radical (unpaired) electrons. The van der Waals surface area contributed by atoms with Crippen molar-refractivity contribution in [1.82, 2.24) is 4.90 Å². The third-order valence-corrected chi connectivity index (χ3v) is 2.47. The number of fused-ring (bicyclic) bond motifs is 1. The fourth-order valence-corrected chi connectivity index (χ4v) is 1.63. The van der Waals surface area contributed by atoms with Crippen LogP contribution in [-0.4, -0.2) is 22.8 Å². The van der Waals surface area contributed by atoms with Gasteiger partial charge in [-0.3, -0.25) is 14.9 Å². The van der Waals surface area contributed by atoms with Crippen molar-refractivity contribution in [1.29, 1.82) is 0 Å². The summed E-state index contributed by atoms with van der Waals surface area (Å²) in [5.74, 6) is -0.373. The summed E-state index contributed by atoms with van der Waals surface area (Å²) in [5.41, 5.74) is 1.01. The first-order chi connectivity index (χ1) is 7.04. The van der Waals surface area contributed by atoms with Crippen LogP contribution in [-0.2, 0) is 0 Å². The van der Waals surface area contributed by atoms with Crippen LogP contribution in [0.2, 0.25) is 0 Å². The van der Waals surface area contributed by atoms with Crippen LogP contribution in [0.3, 0.4) is 0 Å². The zero-order chi connectivity index (χ0) is 11.2. The molecule has 1 aliphatic rings. The molecule has 5 nitrogen and oxygen atoms in total. The maximum atomic E-state index is 11.7. The smallest absolute Gasteiger partial charge is 0.282 e. The van der Waals surface area contributed by atoms with Gasteiger partial charge in [0.2, 0.25) is 0 Å². The van der Waals surface area contributed by atoms with Crippen molar-refractivity contribution in [2.45, 2.75) is 0 Å². The first-order valence-corrected chi connectivity index (χ1v) is 4.28. The Labute approximate surface area is 85.8 Å². The van der Waals surface area contributed by atoms with Gasteiger partial charge in [0.15, 0.2) is 0 Å². The van der Waals surface area contributed by atoms with E-state index in [1.807, 2.05) is 0 Å². The number of carbonyl (C=O) groups is 1. The lowest BCUT2D eigenvalue weighted by Gasteiger charge is -2.07. The number of amides is 1. The molecule has 1 aliphatic heterocycles. The average Bonchev–Trinajstić information content (AvgIpc) is 2.44. The van der Waals surface area contributed by atoms with Crippen molar-refractivity contribution in [2.24, 2.45) is 0 Å². The second-order valence-electron chi connectivity index (χ2n) is 3.27. The van der Waals surface area contributed by atoms with Crippen molar-refractivity contribution >= 4 is 17.3 Å². The standard InChI is InChI=1S/C10H8N2O3/c1-6-7-4-3-5-8(12(14)15)9(7)10(13)11(6)2/h3-5H,1H2,2H3. The summed E-state index contributed by atoms with van der Waals surface area (Å²) < 4.78 is 0. The van der Waals surface area contributed by atoms with Crippen LogP contribution in [0.15, 0.2) is 24.8 Å². The van der Waals surface area contributed by atoms with Crippen molar-refractivity contribution in [3.63, 3.8) is 0 Å². The van der Waals surface area contributed by atoms with Crippen LogP contribution in [0, 0.1) is 10.1 Å². The Kier molecular flexibility index (Phi) is 1.82. The van der Waals surface area contributed by atoms with Gasteiger partial charge in [0, 0.05) is 24.4 Å². The molecule has 5 heteroatoms. The number of hydrogen-bond donors (Lipinski definition) is 0. The Balaban J connectivity index is 2.74. The second kappa shape index (κ2) is 2.91. The van der Waals surface area contributed by atoms with Crippen LogP contribution in [0.25, 0.3) is 5.70 Å².